The Morgan fingerprint density at radius 2 is 1.80 bits per heavy atom. The van der Waals surface area contributed by atoms with Gasteiger partial charge in [0.1, 0.15) is 6.04 Å². The number of benzene rings is 1. The number of ether oxygens (including phenoxy) is 1. The van der Waals surface area contributed by atoms with Crippen LogP contribution in [0.1, 0.15) is 39.1 Å². The van der Waals surface area contributed by atoms with E-state index in [0.29, 0.717) is 5.56 Å². The van der Waals surface area contributed by atoms with Crippen molar-refractivity contribution in [1.29, 1.82) is 0 Å². The first-order valence-corrected chi connectivity index (χ1v) is 6.22. The van der Waals surface area contributed by atoms with Gasteiger partial charge >= 0.3 is 11.9 Å². The van der Waals surface area contributed by atoms with Crippen LogP contribution in [0.15, 0.2) is 18.2 Å². The first kappa shape index (κ1) is 12.5. The molecule has 0 aromatic heterocycles. The zero-order valence-corrected chi connectivity index (χ0v) is 10.7. The predicted octanol–water partition coefficient (Wildman–Crippen LogP) is 0.823. The Kier molecular flexibility index (Phi) is 2.67. The fourth-order valence-electron chi connectivity index (χ4n) is 2.49. The van der Waals surface area contributed by atoms with Gasteiger partial charge in [0, 0.05) is 6.42 Å². The lowest BCUT2D eigenvalue weighted by Gasteiger charge is -2.26. The topological polar surface area (TPSA) is 80.8 Å². The standard InChI is InChI=1S/C14H11NO5/c1-7-2-3-8-9(6-7)13(18)15(12(8)17)10-4-5-11(16)20-14(10)19/h2-3,6,10H,4-5H2,1H3/t10-/m1/s1. The van der Waals surface area contributed by atoms with E-state index < -0.39 is 29.8 Å². The number of carbonyl (C=O) groups excluding carboxylic acids is 4. The van der Waals surface area contributed by atoms with Crippen molar-refractivity contribution in [2.75, 3.05) is 0 Å². The Morgan fingerprint density at radius 1 is 1.10 bits per heavy atom. The van der Waals surface area contributed by atoms with Crippen LogP contribution in [0.5, 0.6) is 0 Å². The van der Waals surface area contributed by atoms with Crippen LogP contribution in [0.4, 0.5) is 0 Å². The second kappa shape index (κ2) is 4.26. The first-order chi connectivity index (χ1) is 9.49. The van der Waals surface area contributed by atoms with Crippen molar-refractivity contribution in [3.8, 4) is 0 Å². The molecule has 1 saturated heterocycles. The third kappa shape index (κ3) is 1.72. The predicted molar refractivity (Wildman–Crippen MR) is 65.8 cm³/mol. The molecule has 1 aromatic rings. The number of esters is 2. The number of imide groups is 1. The molecule has 0 bridgehead atoms. The summed E-state index contributed by atoms with van der Waals surface area (Å²) >= 11 is 0. The van der Waals surface area contributed by atoms with Gasteiger partial charge in [-0.2, -0.15) is 0 Å². The van der Waals surface area contributed by atoms with E-state index >= 15 is 0 Å². The minimum Gasteiger partial charge on any atom is -0.392 e. The van der Waals surface area contributed by atoms with E-state index in [4.69, 9.17) is 0 Å². The fraction of sp³-hybridized carbons (Fsp3) is 0.286. The number of carbonyl (C=O) groups is 4. The average molecular weight is 273 g/mol. The van der Waals surface area contributed by atoms with Gasteiger partial charge in [-0.25, -0.2) is 4.79 Å². The molecule has 6 heteroatoms. The highest BCUT2D eigenvalue weighted by molar-refractivity contribution is 6.23. The largest absolute Gasteiger partial charge is 0.392 e. The molecule has 3 rings (SSSR count). The van der Waals surface area contributed by atoms with Gasteiger partial charge in [0.15, 0.2) is 0 Å². The molecule has 0 radical (unpaired) electrons. The highest BCUT2D eigenvalue weighted by Crippen LogP contribution is 2.28. The van der Waals surface area contributed by atoms with Crippen LogP contribution in [-0.4, -0.2) is 34.7 Å². The van der Waals surface area contributed by atoms with Gasteiger partial charge < -0.3 is 4.74 Å². The Balaban J connectivity index is 1.97. The van der Waals surface area contributed by atoms with Crippen molar-refractivity contribution >= 4 is 23.8 Å². The molecule has 0 N–H and O–H groups in total. The lowest BCUT2D eigenvalue weighted by Crippen LogP contribution is -2.48. The summed E-state index contributed by atoms with van der Waals surface area (Å²) in [6.45, 7) is 1.81. The van der Waals surface area contributed by atoms with Crippen molar-refractivity contribution in [1.82, 2.24) is 4.90 Å². The fourth-order valence-corrected chi connectivity index (χ4v) is 2.49. The second-order valence-electron chi connectivity index (χ2n) is 4.88. The molecular formula is C14H11NO5. The number of nitrogens with zero attached hydrogens (tertiary/aromatic N) is 1. The van der Waals surface area contributed by atoms with Gasteiger partial charge in [-0.05, 0) is 25.5 Å². The molecule has 0 spiro atoms. The summed E-state index contributed by atoms with van der Waals surface area (Å²) in [5.74, 6) is -2.49. The molecule has 20 heavy (non-hydrogen) atoms. The molecule has 1 atom stereocenters. The van der Waals surface area contributed by atoms with Crippen molar-refractivity contribution < 1.29 is 23.9 Å². The van der Waals surface area contributed by atoms with Gasteiger partial charge in [-0.3, -0.25) is 19.3 Å². The van der Waals surface area contributed by atoms with Crippen LogP contribution < -0.4 is 0 Å². The average Bonchev–Trinajstić information content (AvgIpc) is 2.63. The van der Waals surface area contributed by atoms with Gasteiger partial charge in [-0.1, -0.05) is 11.6 Å². The van der Waals surface area contributed by atoms with Crippen LogP contribution in [0.2, 0.25) is 0 Å². The van der Waals surface area contributed by atoms with E-state index in [0.717, 1.165) is 10.5 Å². The van der Waals surface area contributed by atoms with Gasteiger partial charge in [0.25, 0.3) is 11.8 Å². The van der Waals surface area contributed by atoms with Gasteiger partial charge in [-0.15, -0.1) is 0 Å². The van der Waals surface area contributed by atoms with Crippen LogP contribution >= 0.6 is 0 Å². The van der Waals surface area contributed by atoms with Crippen LogP contribution in [0, 0.1) is 6.92 Å². The van der Waals surface area contributed by atoms with Crippen LogP contribution in [0.3, 0.4) is 0 Å². The van der Waals surface area contributed by atoms with Gasteiger partial charge in [0.05, 0.1) is 11.1 Å². The molecular weight excluding hydrogens is 262 g/mol. The molecule has 0 aliphatic carbocycles. The van der Waals surface area contributed by atoms with Crippen LogP contribution in [0.25, 0.3) is 0 Å². The Labute approximate surface area is 114 Å². The number of rotatable bonds is 1. The highest BCUT2D eigenvalue weighted by atomic mass is 16.6. The normalized spacial score (nSPS) is 22.1. The van der Waals surface area contributed by atoms with Crippen molar-refractivity contribution in [2.24, 2.45) is 0 Å². The Morgan fingerprint density at radius 3 is 2.50 bits per heavy atom. The number of hydrogen-bond donors (Lipinski definition) is 0. The lowest BCUT2D eigenvalue weighted by molar-refractivity contribution is -0.167. The Bertz CT molecular complexity index is 664. The summed E-state index contributed by atoms with van der Waals surface area (Å²) in [5, 5.41) is 0. The van der Waals surface area contributed by atoms with Gasteiger partial charge in [0.2, 0.25) is 0 Å². The van der Waals surface area contributed by atoms with Crippen molar-refractivity contribution in [2.45, 2.75) is 25.8 Å². The second-order valence-corrected chi connectivity index (χ2v) is 4.88. The molecule has 2 amide bonds. The summed E-state index contributed by atoms with van der Waals surface area (Å²) in [4.78, 5) is 48.2. The van der Waals surface area contributed by atoms with E-state index in [1.54, 1.807) is 18.2 Å². The number of fused-ring (bicyclic) bond motifs is 1. The quantitative estimate of drug-likeness (QED) is 0.430. The summed E-state index contributed by atoms with van der Waals surface area (Å²) < 4.78 is 4.51. The minimum absolute atomic E-state index is 0.0167. The zero-order chi connectivity index (χ0) is 14.4. The molecule has 0 unspecified atom stereocenters. The van der Waals surface area contributed by atoms with Crippen molar-refractivity contribution in [3.63, 3.8) is 0 Å². The summed E-state index contributed by atoms with van der Waals surface area (Å²) in [7, 11) is 0. The molecule has 1 fully saturated rings. The maximum atomic E-state index is 12.3. The monoisotopic (exact) mass is 273 g/mol. The number of hydrogen-bond acceptors (Lipinski definition) is 5. The Hall–Kier alpha value is -2.50. The zero-order valence-electron chi connectivity index (χ0n) is 10.7. The molecule has 2 aliphatic heterocycles. The number of amides is 2. The summed E-state index contributed by atoms with van der Waals surface area (Å²) in [6.07, 6.45) is 0.130. The molecule has 6 nitrogen and oxygen atoms in total. The molecule has 102 valence electrons. The summed E-state index contributed by atoms with van der Waals surface area (Å²) in [6, 6.07) is 3.91. The first-order valence-electron chi connectivity index (χ1n) is 6.22. The van der Waals surface area contributed by atoms with E-state index in [1.807, 2.05) is 6.92 Å². The molecule has 1 aromatic carbocycles. The third-order valence-corrected chi connectivity index (χ3v) is 3.49. The maximum Gasteiger partial charge on any atom is 0.337 e. The number of aryl methyl sites for hydroxylation is 1. The summed E-state index contributed by atoms with van der Waals surface area (Å²) in [5.41, 5.74) is 1.43. The third-order valence-electron chi connectivity index (χ3n) is 3.49. The molecule has 2 aliphatic rings. The maximum absolute atomic E-state index is 12.3. The van der Waals surface area contributed by atoms with Crippen molar-refractivity contribution in [3.05, 3.63) is 34.9 Å². The van der Waals surface area contributed by atoms with E-state index in [9.17, 15) is 19.2 Å². The smallest absolute Gasteiger partial charge is 0.337 e. The van der Waals surface area contributed by atoms with E-state index in [-0.39, 0.29) is 18.4 Å². The molecule has 2 heterocycles. The SMILES string of the molecule is Cc1ccc2c(c1)C(=O)N([C@@H]1CCC(=O)OC1=O)C2=O. The highest BCUT2D eigenvalue weighted by Gasteiger charge is 2.45. The molecule has 0 saturated carbocycles. The minimum atomic E-state index is -1.01. The number of cyclic esters (lactones) is 2. The van der Waals surface area contributed by atoms with E-state index in [2.05, 4.69) is 4.74 Å². The van der Waals surface area contributed by atoms with E-state index in [1.165, 1.54) is 0 Å². The lowest BCUT2D eigenvalue weighted by atomic mass is 10.1. The van der Waals surface area contributed by atoms with Crippen LogP contribution in [-0.2, 0) is 14.3 Å².